The molecule has 2 aromatic heterocycles. The number of aryl methyl sites for hydroxylation is 1. The Hall–Kier alpha value is -1.99. The van der Waals surface area contributed by atoms with Gasteiger partial charge in [-0.25, -0.2) is 5.10 Å². The number of hydrogen-bond donors (Lipinski definition) is 1. The predicted octanol–water partition coefficient (Wildman–Crippen LogP) is 1.35. The molecular weight excluding hydrogens is 312 g/mol. The van der Waals surface area contributed by atoms with Crippen LogP contribution in [-0.4, -0.2) is 52.1 Å². The van der Waals surface area contributed by atoms with Crippen LogP contribution in [0.4, 0.5) is 0 Å². The van der Waals surface area contributed by atoms with E-state index >= 15 is 0 Å². The highest BCUT2D eigenvalue weighted by Gasteiger charge is 2.23. The Balaban J connectivity index is 1.54. The highest BCUT2D eigenvalue weighted by molar-refractivity contribution is 7.11. The summed E-state index contributed by atoms with van der Waals surface area (Å²) < 4.78 is 0. The van der Waals surface area contributed by atoms with Crippen LogP contribution in [0.2, 0.25) is 0 Å². The second kappa shape index (κ2) is 7.06. The van der Waals surface area contributed by atoms with Crippen molar-refractivity contribution in [3.63, 3.8) is 0 Å². The smallest absolute Gasteiger partial charge is 0.274 e. The summed E-state index contributed by atoms with van der Waals surface area (Å²) in [6, 6.07) is 7.21. The number of nitrogens with one attached hydrogen (secondary N) is 1. The highest BCUT2D eigenvalue weighted by atomic mass is 32.1. The lowest BCUT2D eigenvalue weighted by Crippen LogP contribution is -2.48. The van der Waals surface area contributed by atoms with Crippen LogP contribution in [-0.2, 0) is 13.0 Å². The number of thiophene rings is 1. The lowest BCUT2D eigenvalue weighted by Gasteiger charge is -2.34. The monoisotopic (exact) mass is 332 g/mol. The molecular formula is C16H20N4O2S. The van der Waals surface area contributed by atoms with Crippen LogP contribution in [0, 0.1) is 0 Å². The van der Waals surface area contributed by atoms with E-state index in [1.165, 1.54) is 21.9 Å². The number of hydrogen-bond acceptors (Lipinski definition) is 5. The molecule has 0 bridgehead atoms. The molecule has 6 nitrogen and oxygen atoms in total. The van der Waals surface area contributed by atoms with Crippen LogP contribution in [0.1, 0.15) is 27.2 Å². The van der Waals surface area contributed by atoms with Gasteiger partial charge >= 0.3 is 0 Å². The third kappa shape index (κ3) is 3.86. The lowest BCUT2D eigenvalue weighted by atomic mass is 10.2. The minimum absolute atomic E-state index is 0.120. The molecule has 1 saturated heterocycles. The molecule has 0 atom stereocenters. The summed E-state index contributed by atoms with van der Waals surface area (Å²) in [5.41, 5.74) is -0.00217. The van der Waals surface area contributed by atoms with Gasteiger partial charge in [0.2, 0.25) is 0 Å². The van der Waals surface area contributed by atoms with Crippen LogP contribution in [0.15, 0.2) is 29.1 Å². The highest BCUT2D eigenvalue weighted by Crippen LogP contribution is 2.19. The van der Waals surface area contributed by atoms with Crippen LogP contribution in [0.25, 0.3) is 0 Å². The summed E-state index contributed by atoms with van der Waals surface area (Å²) >= 11 is 1.87. The normalized spacial score (nSPS) is 15.8. The van der Waals surface area contributed by atoms with E-state index in [1.54, 1.807) is 4.90 Å². The van der Waals surface area contributed by atoms with Crippen molar-refractivity contribution in [2.75, 3.05) is 26.2 Å². The zero-order valence-corrected chi connectivity index (χ0v) is 13.9. The average Bonchev–Trinajstić information content (AvgIpc) is 3.03. The summed E-state index contributed by atoms with van der Waals surface area (Å²) in [4.78, 5) is 30.3. The fourth-order valence-electron chi connectivity index (χ4n) is 2.65. The number of nitrogens with zero attached hydrogens (tertiary/aromatic N) is 3. The largest absolute Gasteiger partial charge is 0.335 e. The minimum atomic E-state index is -0.297. The van der Waals surface area contributed by atoms with Gasteiger partial charge in [-0.05, 0) is 24.6 Å². The molecule has 1 fully saturated rings. The Morgan fingerprint density at radius 2 is 1.91 bits per heavy atom. The van der Waals surface area contributed by atoms with E-state index in [2.05, 4.69) is 34.2 Å². The van der Waals surface area contributed by atoms with Crippen molar-refractivity contribution < 1.29 is 4.79 Å². The summed E-state index contributed by atoms with van der Waals surface area (Å²) in [5.74, 6) is -0.120. The molecule has 0 radical (unpaired) electrons. The van der Waals surface area contributed by atoms with E-state index in [0.29, 0.717) is 18.8 Å². The van der Waals surface area contributed by atoms with Gasteiger partial charge < -0.3 is 4.90 Å². The molecule has 7 heteroatoms. The number of aromatic amines is 1. The molecule has 0 unspecified atom stereocenters. The standard InChI is InChI=1S/C16H20N4O2S/c1-2-12-3-4-13(23-12)11-19-7-9-20(10-8-19)16(22)14-5-6-15(21)18-17-14/h3-6H,2,7-11H2,1H3,(H,18,21). The molecule has 122 valence electrons. The maximum atomic E-state index is 12.3. The van der Waals surface area contributed by atoms with Crippen LogP contribution < -0.4 is 5.56 Å². The van der Waals surface area contributed by atoms with Gasteiger partial charge in [0.15, 0.2) is 0 Å². The van der Waals surface area contributed by atoms with E-state index in [1.807, 2.05) is 11.3 Å². The molecule has 3 heterocycles. The van der Waals surface area contributed by atoms with Crippen LogP contribution in [0.3, 0.4) is 0 Å². The summed E-state index contributed by atoms with van der Waals surface area (Å²) in [6.45, 7) is 6.20. The van der Waals surface area contributed by atoms with E-state index in [0.717, 1.165) is 26.1 Å². The topological polar surface area (TPSA) is 69.3 Å². The number of carbonyl (C=O) groups is 1. The first-order valence-electron chi connectivity index (χ1n) is 7.80. The maximum Gasteiger partial charge on any atom is 0.274 e. The third-order valence-corrected chi connectivity index (χ3v) is 5.22. The van der Waals surface area contributed by atoms with Crippen molar-refractivity contribution in [2.24, 2.45) is 0 Å². The molecule has 2 aromatic rings. The van der Waals surface area contributed by atoms with Crippen molar-refractivity contribution in [1.29, 1.82) is 0 Å². The molecule has 0 aliphatic carbocycles. The lowest BCUT2D eigenvalue weighted by molar-refractivity contribution is 0.0622. The molecule has 3 rings (SSSR count). The van der Waals surface area contributed by atoms with Crippen molar-refractivity contribution in [3.05, 3.63) is 50.1 Å². The van der Waals surface area contributed by atoms with Gasteiger partial charge in [-0.15, -0.1) is 11.3 Å². The summed E-state index contributed by atoms with van der Waals surface area (Å²) in [5, 5.41) is 6.12. The fraction of sp³-hybridized carbons (Fsp3) is 0.438. The van der Waals surface area contributed by atoms with Crippen molar-refractivity contribution >= 4 is 17.2 Å². The van der Waals surface area contributed by atoms with Gasteiger partial charge in [-0.3, -0.25) is 14.5 Å². The minimum Gasteiger partial charge on any atom is -0.335 e. The Labute approximate surface area is 138 Å². The van der Waals surface area contributed by atoms with Gasteiger partial charge in [0.1, 0.15) is 5.69 Å². The van der Waals surface area contributed by atoms with Crippen molar-refractivity contribution in [3.8, 4) is 0 Å². The fourth-order valence-corrected chi connectivity index (χ4v) is 3.65. The molecule has 1 aliphatic heterocycles. The Bertz CT molecular complexity index is 711. The maximum absolute atomic E-state index is 12.3. The van der Waals surface area contributed by atoms with Crippen molar-refractivity contribution in [2.45, 2.75) is 19.9 Å². The summed E-state index contributed by atoms with van der Waals surface area (Å²) in [7, 11) is 0. The second-order valence-corrected chi connectivity index (χ2v) is 6.85. The summed E-state index contributed by atoms with van der Waals surface area (Å²) in [6.07, 6.45) is 1.08. The molecule has 0 spiro atoms. The molecule has 1 N–H and O–H groups in total. The number of aromatic nitrogens is 2. The quantitative estimate of drug-likeness (QED) is 0.918. The van der Waals surface area contributed by atoms with Crippen molar-refractivity contribution in [1.82, 2.24) is 20.0 Å². The van der Waals surface area contributed by atoms with Gasteiger partial charge in [-0.1, -0.05) is 6.92 Å². The Kier molecular flexibility index (Phi) is 4.88. The third-order valence-electron chi connectivity index (χ3n) is 4.00. The second-order valence-electron chi connectivity index (χ2n) is 5.60. The molecule has 23 heavy (non-hydrogen) atoms. The number of rotatable bonds is 4. The number of piperazine rings is 1. The Morgan fingerprint density at radius 3 is 2.52 bits per heavy atom. The van der Waals surface area contributed by atoms with Gasteiger partial charge in [-0.2, -0.15) is 5.10 Å². The molecule has 0 saturated carbocycles. The first kappa shape index (κ1) is 15.9. The molecule has 1 amide bonds. The zero-order chi connectivity index (χ0) is 16.2. The zero-order valence-electron chi connectivity index (χ0n) is 13.1. The predicted molar refractivity (Wildman–Crippen MR) is 89.7 cm³/mol. The number of H-pyrrole nitrogens is 1. The molecule has 0 aromatic carbocycles. The van der Waals surface area contributed by atoms with Gasteiger partial charge in [0.05, 0.1) is 0 Å². The SMILES string of the molecule is CCc1ccc(CN2CCN(C(=O)c3ccc(=O)[nH]n3)CC2)s1. The number of carbonyl (C=O) groups excluding carboxylic acids is 1. The van der Waals surface area contributed by atoms with Crippen LogP contribution in [0.5, 0.6) is 0 Å². The van der Waals surface area contributed by atoms with Crippen LogP contribution >= 0.6 is 11.3 Å². The first-order chi connectivity index (χ1) is 11.2. The van der Waals surface area contributed by atoms with E-state index in [9.17, 15) is 9.59 Å². The van der Waals surface area contributed by atoms with Gasteiger partial charge in [0.25, 0.3) is 11.5 Å². The number of amides is 1. The molecule has 1 aliphatic rings. The Morgan fingerprint density at radius 1 is 1.17 bits per heavy atom. The van der Waals surface area contributed by atoms with E-state index < -0.39 is 0 Å². The average molecular weight is 332 g/mol. The van der Waals surface area contributed by atoms with E-state index in [4.69, 9.17) is 0 Å². The first-order valence-corrected chi connectivity index (χ1v) is 8.62. The van der Waals surface area contributed by atoms with E-state index in [-0.39, 0.29) is 11.5 Å². The van der Waals surface area contributed by atoms with Gasteiger partial charge in [0, 0.05) is 48.5 Å².